The Labute approximate surface area is 183 Å². The van der Waals surface area contributed by atoms with Crippen LogP contribution in [0.1, 0.15) is 36.1 Å². The van der Waals surface area contributed by atoms with Gasteiger partial charge in [-0.3, -0.25) is 0 Å². The lowest BCUT2D eigenvalue weighted by Gasteiger charge is -2.20. The summed E-state index contributed by atoms with van der Waals surface area (Å²) in [4.78, 5) is 12.4. The third kappa shape index (κ3) is 6.08. The molecule has 7 heteroatoms. The highest BCUT2D eigenvalue weighted by Gasteiger charge is 2.22. The molecule has 3 rings (SSSR count). The van der Waals surface area contributed by atoms with Crippen LogP contribution in [0.5, 0.6) is 5.75 Å². The predicted molar refractivity (Wildman–Crippen MR) is 118 cm³/mol. The molecule has 3 aromatic carbocycles. The molecule has 31 heavy (non-hydrogen) atoms. The number of rotatable bonds is 8. The van der Waals surface area contributed by atoms with Gasteiger partial charge in [0.2, 0.25) is 0 Å². The van der Waals surface area contributed by atoms with Crippen LogP contribution in [-0.4, -0.2) is 14.5 Å². The first-order valence-corrected chi connectivity index (χ1v) is 11.4. The van der Waals surface area contributed by atoms with Crippen molar-refractivity contribution in [1.29, 1.82) is 0 Å². The van der Waals surface area contributed by atoms with Crippen LogP contribution < -0.4 is 9.50 Å². The summed E-state index contributed by atoms with van der Waals surface area (Å²) >= 11 is 0. The Bertz CT molecular complexity index is 1110. The van der Waals surface area contributed by atoms with Gasteiger partial charge in [0.15, 0.2) is 0 Å². The molecule has 0 aliphatic heterocycles. The molecule has 1 unspecified atom stereocenters. The van der Waals surface area contributed by atoms with Crippen molar-refractivity contribution in [2.24, 2.45) is 0 Å². The Morgan fingerprint density at radius 1 is 0.935 bits per heavy atom. The second kappa shape index (κ2) is 10.1. The number of hydrogen-bond donors (Lipinski definition) is 1. The van der Waals surface area contributed by atoms with E-state index in [2.05, 4.69) is 5.32 Å². The van der Waals surface area contributed by atoms with Gasteiger partial charge in [-0.15, -0.1) is 0 Å². The zero-order valence-electron chi connectivity index (χ0n) is 17.4. The van der Waals surface area contributed by atoms with Gasteiger partial charge in [0.1, 0.15) is 17.3 Å². The molecule has 0 aliphatic rings. The van der Waals surface area contributed by atoms with Crippen molar-refractivity contribution in [2.45, 2.75) is 37.8 Å². The molecule has 6 nitrogen and oxygen atoms in total. The standard InChI is InChI=1S/C24H25NO5S/c1-3-22(25-24(26)29-17-19-9-5-4-6-10-19)21-11-7-8-12-23(21)30-31(27,28)20-15-13-18(2)14-16-20/h4-16,22H,3,17H2,1-2H3,(H,25,26). The topological polar surface area (TPSA) is 81.7 Å². The van der Waals surface area contributed by atoms with E-state index >= 15 is 0 Å². The predicted octanol–water partition coefficient (Wildman–Crippen LogP) is 5.14. The molecular formula is C24H25NO5S. The first-order valence-electron chi connectivity index (χ1n) is 9.96. The van der Waals surface area contributed by atoms with Crippen molar-refractivity contribution in [1.82, 2.24) is 5.32 Å². The van der Waals surface area contributed by atoms with E-state index in [9.17, 15) is 13.2 Å². The Morgan fingerprint density at radius 2 is 1.58 bits per heavy atom. The number of aryl methyl sites for hydroxylation is 1. The summed E-state index contributed by atoms with van der Waals surface area (Å²) in [6.07, 6.45) is -0.0716. The van der Waals surface area contributed by atoms with Crippen molar-refractivity contribution in [3.8, 4) is 5.75 Å². The summed E-state index contributed by atoms with van der Waals surface area (Å²) in [6, 6.07) is 22.0. The number of para-hydroxylation sites is 1. The molecule has 3 aromatic rings. The molecular weight excluding hydrogens is 414 g/mol. The summed E-state index contributed by atoms with van der Waals surface area (Å²) in [5.74, 6) is 0.165. The SMILES string of the molecule is CCC(NC(=O)OCc1ccccc1)c1ccccc1OS(=O)(=O)c1ccc(C)cc1. The molecule has 1 amide bonds. The van der Waals surface area contributed by atoms with Gasteiger partial charge in [-0.25, -0.2) is 4.79 Å². The summed E-state index contributed by atoms with van der Waals surface area (Å²) < 4.78 is 36.2. The van der Waals surface area contributed by atoms with Crippen LogP contribution in [0.25, 0.3) is 0 Å². The second-order valence-electron chi connectivity index (χ2n) is 7.06. The zero-order chi connectivity index (χ0) is 22.3. The van der Waals surface area contributed by atoms with E-state index in [-0.39, 0.29) is 17.3 Å². The van der Waals surface area contributed by atoms with Crippen LogP contribution in [0, 0.1) is 6.92 Å². The maximum absolute atomic E-state index is 12.7. The molecule has 1 atom stereocenters. The van der Waals surface area contributed by atoms with Gasteiger partial charge < -0.3 is 14.2 Å². The molecule has 1 N–H and O–H groups in total. The van der Waals surface area contributed by atoms with Gasteiger partial charge in [0.05, 0.1) is 6.04 Å². The van der Waals surface area contributed by atoms with Crippen LogP contribution in [0.3, 0.4) is 0 Å². The molecule has 0 spiro atoms. The first kappa shape index (κ1) is 22.4. The fourth-order valence-electron chi connectivity index (χ4n) is 3.02. The largest absolute Gasteiger partial charge is 0.445 e. The van der Waals surface area contributed by atoms with E-state index < -0.39 is 22.3 Å². The van der Waals surface area contributed by atoms with Gasteiger partial charge in [0.25, 0.3) is 0 Å². The molecule has 0 saturated heterocycles. The molecule has 0 fully saturated rings. The van der Waals surface area contributed by atoms with Crippen LogP contribution in [-0.2, 0) is 21.5 Å². The summed E-state index contributed by atoms with van der Waals surface area (Å²) in [5, 5.41) is 2.79. The summed E-state index contributed by atoms with van der Waals surface area (Å²) in [7, 11) is -4.01. The summed E-state index contributed by atoms with van der Waals surface area (Å²) in [5.41, 5.74) is 2.37. The van der Waals surface area contributed by atoms with E-state index in [0.717, 1.165) is 11.1 Å². The van der Waals surface area contributed by atoms with Crippen molar-refractivity contribution in [3.63, 3.8) is 0 Å². The number of carbonyl (C=O) groups excluding carboxylic acids is 1. The number of nitrogens with one attached hydrogen (secondary N) is 1. The maximum Gasteiger partial charge on any atom is 0.407 e. The van der Waals surface area contributed by atoms with Gasteiger partial charge >= 0.3 is 16.2 Å². The second-order valence-corrected chi connectivity index (χ2v) is 8.60. The lowest BCUT2D eigenvalue weighted by Crippen LogP contribution is -2.29. The fourth-order valence-corrected chi connectivity index (χ4v) is 3.98. The minimum Gasteiger partial charge on any atom is -0.445 e. The average molecular weight is 440 g/mol. The third-order valence-electron chi connectivity index (χ3n) is 4.72. The molecule has 0 aromatic heterocycles. The van der Waals surface area contributed by atoms with Gasteiger partial charge in [-0.2, -0.15) is 8.42 Å². The highest BCUT2D eigenvalue weighted by atomic mass is 32.2. The first-order chi connectivity index (χ1) is 14.9. The Kier molecular flexibility index (Phi) is 7.31. The number of alkyl carbamates (subject to hydrolysis) is 1. The van der Waals surface area contributed by atoms with Crippen LogP contribution in [0.15, 0.2) is 83.8 Å². The minimum atomic E-state index is -4.01. The van der Waals surface area contributed by atoms with E-state index in [1.807, 2.05) is 44.2 Å². The fraction of sp³-hybridized carbons (Fsp3) is 0.208. The van der Waals surface area contributed by atoms with Crippen molar-refractivity contribution >= 4 is 16.2 Å². The molecule has 0 aliphatic carbocycles. The average Bonchev–Trinajstić information content (AvgIpc) is 2.77. The van der Waals surface area contributed by atoms with Crippen LogP contribution >= 0.6 is 0 Å². The Morgan fingerprint density at radius 3 is 2.26 bits per heavy atom. The van der Waals surface area contributed by atoms with E-state index in [1.54, 1.807) is 36.4 Å². The lowest BCUT2D eigenvalue weighted by molar-refractivity contribution is 0.135. The van der Waals surface area contributed by atoms with Crippen molar-refractivity contribution in [2.75, 3.05) is 0 Å². The van der Waals surface area contributed by atoms with Gasteiger partial charge in [-0.1, -0.05) is 73.2 Å². The Hall–Kier alpha value is -3.32. The van der Waals surface area contributed by atoms with Gasteiger partial charge in [0, 0.05) is 5.56 Å². The van der Waals surface area contributed by atoms with Crippen molar-refractivity contribution in [3.05, 3.63) is 95.6 Å². The van der Waals surface area contributed by atoms with Crippen LogP contribution in [0.4, 0.5) is 4.79 Å². The Balaban J connectivity index is 1.74. The summed E-state index contributed by atoms with van der Waals surface area (Å²) in [6.45, 7) is 3.90. The van der Waals surface area contributed by atoms with Gasteiger partial charge in [-0.05, 0) is 37.1 Å². The molecule has 162 valence electrons. The van der Waals surface area contributed by atoms with E-state index in [0.29, 0.717) is 12.0 Å². The van der Waals surface area contributed by atoms with E-state index in [1.165, 1.54) is 12.1 Å². The van der Waals surface area contributed by atoms with Crippen LogP contribution in [0.2, 0.25) is 0 Å². The number of amides is 1. The molecule has 0 saturated carbocycles. The number of hydrogen-bond acceptors (Lipinski definition) is 5. The highest BCUT2D eigenvalue weighted by molar-refractivity contribution is 7.87. The van der Waals surface area contributed by atoms with Crippen molar-refractivity contribution < 1.29 is 22.1 Å². The quantitative estimate of drug-likeness (QED) is 0.492. The zero-order valence-corrected chi connectivity index (χ0v) is 18.3. The molecule has 0 bridgehead atoms. The molecule has 0 heterocycles. The maximum atomic E-state index is 12.7. The monoisotopic (exact) mass is 439 g/mol. The number of carbonyl (C=O) groups is 1. The highest BCUT2D eigenvalue weighted by Crippen LogP contribution is 2.30. The number of ether oxygens (including phenoxy) is 1. The lowest BCUT2D eigenvalue weighted by atomic mass is 10.0. The molecule has 0 radical (unpaired) electrons. The normalized spacial score (nSPS) is 12.1. The third-order valence-corrected chi connectivity index (χ3v) is 5.97. The minimum absolute atomic E-state index is 0.0659. The number of benzene rings is 3. The smallest absolute Gasteiger partial charge is 0.407 e. The van der Waals surface area contributed by atoms with E-state index in [4.69, 9.17) is 8.92 Å².